The highest BCUT2D eigenvalue weighted by Crippen LogP contribution is 2.54. The monoisotopic (exact) mass is 614 g/mol. The molecule has 6 nitrogen and oxygen atoms in total. The van der Waals surface area contributed by atoms with Gasteiger partial charge in [-0.25, -0.2) is 18.6 Å². The molecule has 1 saturated heterocycles. The lowest BCUT2D eigenvalue weighted by atomic mass is 9.91. The smallest absolute Gasteiger partial charge is 0.430 e. The SMILES string of the molecule is CCOC(=O)c1nc(C(=O)N2CC(F)(F)CC2C)c(-c2ccc(C(O)(C(F)(F)F)C(F)(F)F)c(Cl)c2Cl)s1. The Morgan fingerprint density at radius 3 is 2.21 bits per heavy atom. The molecule has 1 unspecified atom stereocenters. The molecule has 1 aromatic carbocycles. The lowest BCUT2D eigenvalue weighted by Gasteiger charge is -2.33. The molecule has 0 bridgehead atoms. The van der Waals surface area contributed by atoms with Crippen LogP contribution in [0.2, 0.25) is 10.0 Å². The van der Waals surface area contributed by atoms with E-state index in [1.165, 1.54) is 13.8 Å². The minimum Gasteiger partial charge on any atom is -0.461 e. The summed E-state index contributed by atoms with van der Waals surface area (Å²) in [7, 11) is 0. The molecule has 1 atom stereocenters. The summed E-state index contributed by atoms with van der Waals surface area (Å²) in [4.78, 5) is 29.7. The van der Waals surface area contributed by atoms with Crippen LogP contribution in [0.1, 0.15) is 46.1 Å². The summed E-state index contributed by atoms with van der Waals surface area (Å²) in [5.41, 5.74) is -8.32. The van der Waals surface area contributed by atoms with E-state index in [0.717, 1.165) is 4.90 Å². The van der Waals surface area contributed by atoms with Gasteiger partial charge < -0.3 is 14.7 Å². The minimum absolute atomic E-state index is 0.124. The molecule has 2 aromatic rings. The van der Waals surface area contributed by atoms with Gasteiger partial charge in [-0.1, -0.05) is 35.3 Å². The lowest BCUT2D eigenvalue weighted by Crippen LogP contribution is -2.54. The zero-order valence-electron chi connectivity index (χ0n) is 19.1. The number of thiazole rings is 1. The Morgan fingerprint density at radius 1 is 1.16 bits per heavy atom. The van der Waals surface area contributed by atoms with Crippen LogP contribution >= 0.6 is 34.5 Å². The van der Waals surface area contributed by atoms with Gasteiger partial charge in [0.05, 0.1) is 28.1 Å². The number of hydrogen-bond donors (Lipinski definition) is 1. The molecular weight excluding hydrogens is 599 g/mol. The number of nitrogens with zero attached hydrogens (tertiary/aromatic N) is 2. The first kappa shape index (κ1) is 30.3. The number of alkyl halides is 8. The number of amides is 1. The van der Waals surface area contributed by atoms with E-state index < -0.39 is 86.6 Å². The van der Waals surface area contributed by atoms with Crippen molar-refractivity contribution in [2.24, 2.45) is 0 Å². The zero-order chi connectivity index (χ0) is 29.0. The molecule has 38 heavy (non-hydrogen) atoms. The van der Waals surface area contributed by atoms with Gasteiger partial charge >= 0.3 is 18.3 Å². The number of halogens is 10. The van der Waals surface area contributed by atoms with Crippen molar-refractivity contribution >= 4 is 46.4 Å². The van der Waals surface area contributed by atoms with E-state index in [-0.39, 0.29) is 17.6 Å². The van der Waals surface area contributed by atoms with Crippen molar-refractivity contribution < 1.29 is 54.6 Å². The predicted molar refractivity (Wildman–Crippen MR) is 120 cm³/mol. The van der Waals surface area contributed by atoms with Gasteiger partial charge in [0.2, 0.25) is 5.01 Å². The molecule has 1 aliphatic rings. The number of hydrogen-bond acceptors (Lipinski definition) is 6. The Balaban J connectivity index is 2.22. The third-order valence-electron chi connectivity index (χ3n) is 5.61. The Kier molecular flexibility index (Phi) is 8.03. The van der Waals surface area contributed by atoms with E-state index in [2.05, 4.69) is 4.98 Å². The van der Waals surface area contributed by atoms with Crippen molar-refractivity contribution in [2.75, 3.05) is 13.2 Å². The summed E-state index contributed by atoms with van der Waals surface area (Å²) in [5, 5.41) is 6.95. The second kappa shape index (κ2) is 10.1. The highest BCUT2D eigenvalue weighted by molar-refractivity contribution is 7.17. The average Bonchev–Trinajstić information content (AvgIpc) is 3.33. The van der Waals surface area contributed by atoms with Crippen LogP contribution in [0.5, 0.6) is 0 Å². The Morgan fingerprint density at radius 2 is 1.74 bits per heavy atom. The van der Waals surface area contributed by atoms with Crippen LogP contribution in [0, 0.1) is 0 Å². The summed E-state index contributed by atoms with van der Waals surface area (Å²) < 4.78 is 113. The van der Waals surface area contributed by atoms with E-state index in [4.69, 9.17) is 27.9 Å². The van der Waals surface area contributed by atoms with Crippen LogP contribution in [0.4, 0.5) is 35.1 Å². The third kappa shape index (κ3) is 5.17. The van der Waals surface area contributed by atoms with Crippen molar-refractivity contribution in [1.82, 2.24) is 9.88 Å². The van der Waals surface area contributed by atoms with Gasteiger partial charge in [0.25, 0.3) is 17.4 Å². The highest BCUT2D eigenvalue weighted by Gasteiger charge is 2.72. The molecule has 0 radical (unpaired) electrons. The summed E-state index contributed by atoms with van der Waals surface area (Å²) in [6.07, 6.45) is -13.2. The maximum absolute atomic E-state index is 13.9. The number of carbonyl (C=O) groups excluding carboxylic acids is 2. The van der Waals surface area contributed by atoms with Crippen LogP contribution in [0.3, 0.4) is 0 Å². The largest absolute Gasteiger partial charge is 0.461 e. The molecule has 1 N–H and O–H groups in total. The first-order valence-electron chi connectivity index (χ1n) is 10.5. The summed E-state index contributed by atoms with van der Waals surface area (Å²) >= 11 is 12.3. The van der Waals surface area contributed by atoms with Crippen molar-refractivity contribution in [3.8, 4) is 10.4 Å². The van der Waals surface area contributed by atoms with Crippen molar-refractivity contribution in [3.63, 3.8) is 0 Å². The molecular formula is C21H16Cl2F8N2O4S. The number of rotatable bonds is 5. The molecule has 17 heteroatoms. The van der Waals surface area contributed by atoms with Gasteiger partial charge in [-0.2, -0.15) is 26.3 Å². The fourth-order valence-electron chi connectivity index (χ4n) is 3.82. The van der Waals surface area contributed by atoms with Crippen LogP contribution in [0.15, 0.2) is 12.1 Å². The van der Waals surface area contributed by atoms with E-state index in [1.807, 2.05) is 0 Å². The Labute approximate surface area is 223 Å². The van der Waals surface area contributed by atoms with Crippen LogP contribution in [0.25, 0.3) is 10.4 Å². The van der Waals surface area contributed by atoms with Gasteiger partial charge in [-0.05, 0) is 13.8 Å². The van der Waals surface area contributed by atoms with Crippen molar-refractivity contribution in [1.29, 1.82) is 0 Å². The molecule has 1 fully saturated rings. The molecule has 2 heterocycles. The first-order valence-corrected chi connectivity index (χ1v) is 12.1. The minimum atomic E-state index is -6.26. The molecule has 1 aliphatic heterocycles. The number of ether oxygens (including phenoxy) is 1. The summed E-state index contributed by atoms with van der Waals surface area (Å²) in [6.45, 7) is 1.65. The van der Waals surface area contributed by atoms with Crippen LogP contribution < -0.4 is 0 Å². The fourth-order valence-corrected chi connectivity index (χ4v) is 5.42. The van der Waals surface area contributed by atoms with Crippen LogP contribution in [-0.4, -0.2) is 64.3 Å². The molecule has 1 aromatic heterocycles. The van der Waals surface area contributed by atoms with E-state index in [1.54, 1.807) is 0 Å². The third-order valence-corrected chi connectivity index (χ3v) is 7.56. The Hall–Kier alpha value is -2.23. The van der Waals surface area contributed by atoms with Crippen LogP contribution in [-0.2, 0) is 10.3 Å². The number of benzene rings is 1. The van der Waals surface area contributed by atoms with Gasteiger partial charge in [0.1, 0.15) is 5.69 Å². The summed E-state index contributed by atoms with van der Waals surface area (Å²) in [5.74, 6) is -5.38. The maximum Gasteiger partial charge on any atom is 0.430 e. The summed E-state index contributed by atoms with van der Waals surface area (Å²) in [6, 6.07) is -0.171. The van der Waals surface area contributed by atoms with Crippen molar-refractivity contribution in [3.05, 3.63) is 38.4 Å². The quantitative estimate of drug-likeness (QED) is 0.308. The normalized spacial score (nSPS) is 18.1. The molecule has 0 spiro atoms. The number of aromatic nitrogens is 1. The number of likely N-dealkylation sites (tertiary alicyclic amines) is 1. The van der Waals surface area contributed by atoms with E-state index >= 15 is 0 Å². The van der Waals surface area contributed by atoms with Gasteiger partial charge in [0.15, 0.2) is 0 Å². The van der Waals surface area contributed by atoms with Crippen molar-refractivity contribution in [2.45, 2.75) is 50.2 Å². The standard InChI is InChI=1S/C21H16Cl2F8N2O4S/c1-3-37-17(35)15-32-13(16(34)33-7-18(24,25)6-8(33)2)14(38-15)9-4-5-10(12(23)11(9)22)19(36,20(26,27)28)21(29,30)31/h4-5,8,36H,3,6-7H2,1-2H3. The average molecular weight is 615 g/mol. The maximum atomic E-state index is 13.9. The van der Waals surface area contributed by atoms with E-state index in [0.29, 0.717) is 17.4 Å². The van der Waals surface area contributed by atoms with Gasteiger partial charge in [0, 0.05) is 23.6 Å². The Bertz CT molecular complexity index is 1250. The second-order valence-corrected chi connectivity index (χ2v) is 10.0. The first-order chi connectivity index (χ1) is 17.3. The predicted octanol–water partition coefficient (Wildman–Crippen LogP) is 6.48. The lowest BCUT2D eigenvalue weighted by molar-refractivity contribution is -0.376. The van der Waals surface area contributed by atoms with Gasteiger partial charge in [-0.15, -0.1) is 11.3 Å². The van der Waals surface area contributed by atoms with E-state index in [9.17, 15) is 49.8 Å². The molecule has 1 amide bonds. The van der Waals surface area contributed by atoms with Gasteiger partial charge in [-0.3, -0.25) is 4.79 Å². The molecule has 3 rings (SSSR count). The topological polar surface area (TPSA) is 79.7 Å². The zero-order valence-corrected chi connectivity index (χ0v) is 21.4. The fraction of sp³-hybridized carbons (Fsp3) is 0.476. The highest BCUT2D eigenvalue weighted by atomic mass is 35.5. The molecule has 210 valence electrons. The number of aliphatic hydroxyl groups is 1. The number of esters is 1. The number of carbonyl (C=O) groups is 2. The molecule has 0 aliphatic carbocycles. The second-order valence-electron chi connectivity index (χ2n) is 8.25. The molecule has 0 saturated carbocycles.